The molecular formula is C18H22N4O4. The summed E-state index contributed by atoms with van der Waals surface area (Å²) in [4.78, 5) is 25.6. The highest BCUT2D eigenvalue weighted by atomic mass is 16.6. The van der Waals surface area contributed by atoms with E-state index < -0.39 is 23.7 Å². The van der Waals surface area contributed by atoms with Crippen molar-refractivity contribution in [1.82, 2.24) is 5.32 Å². The standard InChI is InChI=1S/C18H22N4O4/c1-18(2,3)26-17(25)20-15(16(23)24)8-6-4-5-7-13-9-11-14(12-10-13)21-22-19/h4-7,9-12,15H,8H2,1-3H3,(H,20,25)(H,23,24)/t15-/m0/s1. The number of azide groups is 1. The number of ether oxygens (including phenoxy) is 1. The second-order valence-electron chi connectivity index (χ2n) is 6.34. The van der Waals surface area contributed by atoms with Crippen LogP contribution in [0.2, 0.25) is 0 Å². The Bertz CT molecular complexity index is 727. The lowest BCUT2D eigenvalue weighted by Crippen LogP contribution is -2.43. The van der Waals surface area contributed by atoms with Gasteiger partial charge in [0.2, 0.25) is 0 Å². The number of carbonyl (C=O) groups is 2. The fourth-order valence-corrected chi connectivity index (χ4v) is 1.83. The predicted molar refractivity (Wildman–Crippen MR) is 98.8 cm³/mol. The lowest BCUT2D eigenvalue weighted by molar-refractivity contribution is -0.139. The lowest BCUT2D eigenvalue weighted by Gasteiger charge is -2.21. The first-order chi connectivity index (χ1) is 12.2. The largest absolute Gasteiger partial charge is 0.480 e. The first-order valence-corrected chi connectivity index (χ1v) is 7.92. The Morgan fingerprint density at radius 1 is 1.31 bits per heavy atom. The van der Waals surface area contributed by atoms with Gasteiger partial charge in [-0.3, -0.25) is 0 Å². The van der Waals surface area contributed by atoms with Crippen molar-refractivity contribution in [3.63, 3.8) is 0 Å². The number of rotatable bonds is 7. The van der Waals surface area contributed by atoms with Crippen molar-refractivity contribution in [2.24, 2.45) is 5.11 Å². The molecule has 0 spiro atoms. The third kappa shape index (κ3) is 8.56. The van der Waals surface area contributed by atoms with Crippen molar-refractivity contribution in [3.8, 4) is 0 Å². The Morgan fingerprint density at radius 3 is 2.50 bits per heavy atom. The van der Waals surface area contributed by atoms with Gasteiger partial charge in [-0.05, 0) is 38.3 Å². The number of nitrogens with zero attached hydrogens (tertiary/aromatic N) is 3. The number of carbonyl (C=O) groups excluding carboxylic acids is 1. The Labute approximate surface area is 151 Å². The second-order valence-corrected chi connectivity index (χ2v) is 6.34. The van der Waals surface area contributed by atoms with Crippen LogP contribution in [0, 0.1) is 0 Å². The molecule has 2 N–H and O–H groups in total. The van der Waals surface area contributed by atoms with Crippen LogP contribution in [-0.2, 0) is 9.53 Å². The SMILES string of the molecule is CC(C)(C)OC(=O)N[C@@H](CC=CC=Cc1ccc(N=[N+]=[N-])cc1)C(=O)O. The van der Waals surface area contributed by atoms with E-state index in [2.05, 4.69) is 15.3 Å². The summed E-state index contributed by atoms with van der Waals surface area (Å²) in [6.07, 6.45) is 6.24. The van der Waals surface area contributed by atoms with Gasteiger partial charge in [-0.25, -0.2) is 9.59 Å². The summed E-state index contributed by atoms with van der Waals surface area (Å²) in [5, 5.41) is 15.0. The van der Waals surface area contributed by atoms with Gasteiger partial charge in [0.15, 0.2) is 0 Å². The quantitative estimate of drug-likeness (QED) is 0.320. The summed E-state index contributed by atoms with van der Waals surface area (Å²) in [5.74, 6) is -1.14. The molecule has 1 aromatic carbocycles. The molecule has 1 rings (SSSR count). The van der Waals surface area contributed by atoms with Crippen molar-refractivity contribution < 1.29 is 19.4 Å². The summed E-state index contributed by atoms with van der Waals surface area (Å²) in [7, 11) is 0. The number of benzene rings is 1. The molecule has 0 fully saturated rings. The van der Waals surface area contributed by atoms with Gasteiger partial charge in [-0.2, -0.15) is 0 Å². The molecule has 0 saturated heterocycles. The zero-order valence-corrected chi connectivity index (χ0v) is 14.9. The normalized spacial score (nSPS) is 12.6. The van der Waals surface area contributed by atoms with Crippen molar-refractivity contribution in [3.05, 3.63) is 58.5 Å². The molecule has 26 heavy (non-hydrogen) atoms. The average Bonchev–Trinajstić information content (AvgIpc) is 2.53. The molecule has 8 heteroatoms. The number of aliphatic carboxylic acids is 1. The van der Waals surface area contributed by atoms with E-state index in [4.69, 9.17) is 15.4 Å². The molecule has 1 amide bonds. The first kappa shape index (κ1) is 20.8. The van der Waals surface area contributed by atoms with Crippen LogP contribution in [0.4, 0.5) is 10.5 Å². The van der Waals surface area contributed by atoms with Crippen molar-refractivity contribution in [2.45, 2.75) is 38.8 Å². The predicted octanol–water partition coefficient (Wildman–Crippen LogP) is 4.57. The van der Waals surface area contributed by atoms with Gasteiger partial charge >= 0.3 is 12.1 Å². The van der Waals surface area contributed by atoms with Gasteiger partial charge in [-0.15, -0.1) is 0 Å². The Hall–Kier alpha value is -3.25. The monoisotopic (exact) mass is 358 g/mol. The van der Waals surface area contributed by atoms with E-state index >= 15 is 0 Å². The Morgan fingerprint density at radius 2 is 1.96 bits per heavy atom. The Balaban J connectivity index is 2.56. The van der Waals surface area contributed by atoms with Crippen LogP contribution in [0.15, 0.2) is 47.6 Å². The minimum absolute atomic E-state index is 0.120. The van der Waals surface area contributed by atoms with Crippen molar-refractivity contribution in [2.75, 3.05) is 0 Å². The third-order valence-corrected chi connectivity index (χ3v) is 2.95. The summed E-state index contributed by atoms with van der Waals surface area (Å²) in [5.41, 5.74) is 9.07. The molecular weight excluding hydrogens is 336 g/mol. The number of carboxylic acid groups (broad SMARTS) is 1. The van der Waals surface area contributed by atoms with E-state index in [9.17, 15) is 9.59 Å². The summed E-state index contributed by atoms with van der Waals surface area (Å²) >= 11 is 0. The molecule has 0 radical (unpaired) electrons. The van der Waals surface area contributed by atoms with Crippen LogP contribution in [0.25, 0.3) is 16.5 Å². The molecule has 0 aliphatic carbocycles. The van der Waals surface area contributed by atoms with Crippen LogP contribution in [0.1, 0.15) is 32.8 Å². The molecule has 0 bridgehead atoms. The van der Waals surface area contributed by atoms with Crippen LogP contribution in [0.5, 0.6) is 0 Å². The molecule has 0 unspecified atom stereocenters. The Kier molecular flexibility index (Phi) is 7.92. The summed E-state index contributed by atoms with van der Waals surface area (Å²) < 4.78 is 5.05. The summed E-state index contributed by atoms with van der Waals surface area (Å²) in [6, 6.07) is 5.89. The molecule has 1 atom stereocenters. The van der Waals surface area contributed by atoms with Gasteiger partial charge in [0.1, 0.15) is 11.6 Å². The zero-order chi connectivity index (χ0) is 19.6. The molecule has 0 aliphatic heterocycles. The molecule has 138 valence electrons. The third-order valence-electron chi connectivity index (χ3n) is 2.95. The number of hydrogen-bond donors (Lipinski definition) is 2. The zero-order valence-electron chi connectivity index (χ0n) is 14.9. The maximum absolute atomic E-state index is 11.7. The average molecular weight is 358 g/mol. The van der Waals surface area contributed by atoms with E-state index in [1.54, 1.807) is 63.3 Å². The molecule has 0 saturated carbocycles. The maximum Gasteiger partial charge on any atom is 0.408 e. The first-order valence-electron chi connectivity index (χ1n) is 7.92. The van der Waals surface area contributed by atoms with Crippen LogP contribution < -0.4 is 5.32 Å². The number of carboxylic acids is 1. The molecule has 0 aliphatic rings. The number of alkyl carbamates (subject to hydrolysis) is 1. The van der Waals surface area contributed by atoms with Gasteiger partial charge in [0.05, 0.1) is 0 Å². The molecule has 0 aromatic heterocycles. The number of hydrogen-bond acceptors (Lipinski definition) is 4. The van der Waals surface area contributed by atoms with Crippen LogP contribution in [0.3, 0.4) is 0 Å². The van der Waals surface area contributed by atoms with Crippen molar-refractivity contribution >= 4 is 23.8 Å². The van der Waals surface area contributed by atoms with Gasteiger partial charge < -0.3 is 15.2 Å². The minimum Gasteiger partial charge on any atom is -0.480 e. The van der Waals surface area contributed by atoms with Gasteiger partial charge in [0, 0.05) is 10.6 Å². The smallest absolute Gasteiger partial charge is 0.408 e. The number of nitrogens with one attached hydrogen (secondary N) is 1. The molecule has 1 aromatic rings. The lowest BCUT2D eigenvalue weighted by atomic mass is 10.1. The highest BCUT2D eigenvalue weighted by molar-refractivity contribution is 5.80. The number of amides is 1. The fraction of sp³-hybridized carbons (Fsp3) is 0.333. The van der Waals surface area contributed by atoms with E-state index in [0.29, 0.717) is 5.69 Å². The molecule has 0 heterocycles. The fourth-order valence-electron chi connectivity index (χ4n) is 1.83. The number of allylic oxidation sites excluding steroid dienone is 2. The van der Waals surface area contributed by atoms with Crippen LogP contribution >= 0.6 is 0 Å². The summed E-state index contributed by atoms with van der Waals surface area (Å²) in [6.45, 7) is 5.10. The van der Waals surface area contributed by atoms with E-state index in [1.807, 2.05) is 6.08 Å². The maximum atomic E-state index is 11.7. The second kappa shape index (κ2) is 9.90. The minimum atomic E-state index is -1.14. The molecule has 8 nitrogen and oxygen atoms in total. The van der Waals surface area contributed by atoms with E-state index in [0.717, 1.165) is 5.56 Å². The van der Waals surface area contributed by atoms with Gasteiger partial charge in [0.25, 0.3) is 0 Å². The highest BCUT2D eigenvalue weighted by Crippen LogP contribution is 2.14. The van der Waals surface area contributed by atoms with Crippen molar-refractivity contribution in [1.29, 1.82) is 0 Å². The van der Waals surface area contributed by atoms with Crippen LogP contribution in [-0.4, -0.2) is 28.8 Å². The topological polar surface area (TPSA) is 124 Å². The highest BCUT2D eigenvalue weighted by Gasteiger charge is 2.22. The van der Waals surface area contributed by atoms with E-state index in [1.165, 1.54) is 0 Å². The van der Waals surface area contributed by atoms with E-state index in [-0.39, 0.29) is 6.42 Å². The van der Waals surface area contributed by atoms with Gasteiger partial charge in [-0.1, -0.05) is 53.7 Å².